The van der Waals surface area contributed by atoms with Crippen molar-refractivity contribution >= 4 is 21.6 Å². The van der Waals surface area contributed by atoms with E-state index in [1.807, 2.05) is 78.9 Å². The summed E-state index contributed by atoms with van der Waals surface area (Å²) in [4.78, 5) is 5.52. The topological polar surface area (TPSA) is 113 Å². The third-order valence-corrected chi connectivity index (χ3v) is 5.51. The molecule has 0 bridgehead atoms. The number of benzene rings is 3. The van der Waals surface area contributed by atoms with Crippen LogP contribution in [0, 0.1) is 0 Å². The van der Waals surface area contributed by atoms with Gasteiger partial charge in [-0.2, -0.15) is 0 Å². The molecule has 0 saturated carbocycles. The predicted octanol–water partition coefficient (Wildman–Crippen LogP) is 4.78. The largest absolute Gasteiger partial charge is 0.456 e. The quantitative estimate of drug-likeness (QED) is 0.207. The fourth-order valence-electron chi connectivity index (χ4n) is 3.15. The molecule has 0 fully saturated rings. The highest BCUT2D eigenvalue weighted by molar-refractivity contribution is 9.10. The first-order valence-electron chi connectivity index (χ1n) is 10.5. The smallest absolute Gasteiger partial charge is 0.257 e. The number of tetrazole rings is 1. The van der Waals surface area contributed by atoms with Crippen LogP contribution < -0.4 is 4.74 Å². The van der Waals surface area contributed by atoms with Gasteiger partial charge in [0.1, 0.15) is 11.5 Å². The van der Waals surface area contributed by atoms with Crippen molar-refractivity contribution in [2.24, 2.45) is 12.2 Å². The van der Waals surface area contributed by atoms with Crippen molar-refractivity contribution in [2.45, 2.75) is 6.61 Å². The van der Waals surface area contributed by atoms with Crippen LogP contribution in [-0.4, -0.2) is 36.1 Å². The molecular formula is C24H18BrN7O3. The normalized spacial score (nSPS) is 11.4. The maximum atomic E-state index is 5.89. The lowest BCUT2D eigenvalue weighted by Gasteiger charge is -2.07. The van der Waals surface area contributed by atoms with Gasteiger partial charge in [-0.05, 0) is 62.8 Å². The van der Waals surface area contributed by atoms with Crippen molar-refractivity contribution < 1.29 is 14.0 Å². The molecule has 0 spiro atoms. The number of oxime groups is 1. The van der Waals surface area contributed by atoms with Crippen LogP contribution in [0.5, 0.6) is 11.5 Å². The third kappa shape index (κ3) is 5.25. The molecule has 35 heavy (non-hydrogen) atoms. The Kier molecular flexibility index (Phi) is 6.57. The van der Waals surface area contributed by atoms with Gasteiger partial charge in [0.15, 0.2) is 12.3 Å². The molecule has 174 valence electrons. The highest BCUT2D eigenvalue weighted by Gasteiger charge is 2.15. The maximum Gasteiger partial charge on any atom is 0.257 e. The molecule has 0 saturated heterocycles. The van der Waals surface area contributed by atoms with E-state index in [1.165, 1.54) is 4.68 Å². The molecule has 2 heterocycles. The molecule has 5 rings (SSSR count). The Morgan fingerprint density at radius 1 is 0.943 bits per heavy atom. The molecule has 0 N–H and O–H groups in total. The Morgan fingerprint density at radius 3 is 2.46 bits per heavy atom. The molecule has 0 amide bonds. The fraction of sp³-hybridized carbons (Fsp3) is 0.0833. The van der Waals surface area contributed by atoms with E-state index in [0.717, 1.165) is 21.3 Å². The van der Waals surface area contributed by atoms with E-state index >= 15 is 0 Å². The zero-order chi connectivity index (χ0) is 24.0. The molecule has 0 aliphatic rings. The Hall–Kier alpha value is -4.38. The van der Waals surface area contributed by atoms with E-state index in [1.54, 1.807) is 7.05 Å². The van der Waals surface area contributed by atoms with Crippen LogP contribution in [0.2, 0.25) is 0 Å². The average molecular weight is 532 g/mol. The second-order valence-electron chi connectivity index (χ2n) is 7.26. The van der Waals surface area contributed by atoms with Crippen LogP contribution in [-0.2, 0) is 18.5 Å². The summed E-state index contributed by atoms with van der Waals surface area (Å²) in [7, 11) is 1.73. The van der Waals surface area contributed by atoms with Gasteiger partial charge in [-0.25, -0.2) is 4.68 Å². The Labute approximate surface area is 208 Å². The number of aryl methyl sites for hydroxylation is 1. The highest BCUT2D eigenvalue weighted by atomic mass is 79.9. The van der Waals surface area contributed by atoms with Crippen LogP contribution in [0.4, 0.5) is 0 Å². The van der Waals surface area contributed by atoms with E-state index < -0.39 is 0 Å². The van der Waals surface area contributed by atoms with Crippen molar-refractivity contribution in [1.82, 2.24) is 30.4 Å². The zero-order valence-electron chi connectivity index (χ0n) is 18.4. The molecule has 3 aromatic carbocycles. The lowest BCUT2D eigenvalue weighted by molar-refractivity contribution is 0.111. The molecule has 0 atom stereocenters. The summed E-state index contributed by atoms with van der Waals surface area (Å²) in [5.74, 6) is 2.52. The highest BCUT2D eigenvalue weighted by Crippen LogP contribution is 2.30. The summed E-state index contributed by atoms with van der Waals surface area (Å²) in [5, 5.41) is 24.0. The lowest BCUT2D eigenvalue weighted by Crippen LogP contribution is -2.12. The molecule has 0 aliphatic heterocycles. The first kappa shape index (κ1) is 22.4. The first-order valence-corrected chi connectivity index (χ1v) is 11.3. The number of halogens is 1. The predicted molar refractivity (Wildman–Crippen MR) is 130 cm³/mol. The van der Waals surface area contributed by atoms with Gasteiger partial charge in [0.05, 0.1) is 4.47 Å². The number of para-hydroxylation sites is 1. The van der Waals surface area contributed by atoms with Crippen LogP contribution in [0.25, 0.3) is 11.5 Å². The van der Waals surface area contributed by atoms with E-state index in [4.69, 9.17) is 14.0 Å². The summed E-state index contributed by atoms with van der Waals surface area (Å²) >= 11 is 3.47. The number of ether oxygens (including phenoxy) is 1. The Morgan fingerprint density at radius 2 is 1.71 bits per heavy atom. The lowest BCUT2D eigenvalue weighted by atomic mass is 10.1. The van der Waals surface area contributed by atoms with E-state index in [9.17, 15) is 0 Å². The van der Waals surface area contributed by atoms with Crippen LogP contribution in [0.15, 0.2) is 92.9 Å². The Balaban J connectivity index is 1.27. The summed E-state index contributed by atoms with van der Waals surface area (Å²) in [6, 6.07) is 24.5. The monoisotopic (exact) mass is 531 g/mol. The number of nitrogens with zero attached hydrogens (tertiary/aromatic N) is 7. The summed E-state index contributed by atoms with van der Waals surface area (Å²) in [6.07, 6.45) is 0. The first-order chi connectivity index (χ1) is 17.2. The maximum absolute atomic E-state index is 5.89. The van der Waals surface area contributed by atoms with Crippen LogP contribution in [0.1, 0.15) is 17.3 Å². The minimum absolute atomic E-state index is 0.0160. The van der Waals surface area contributed by atoms with Gasteiger partial charge in [0.25, 0.3) is 5.89 Å². The third-order valence-electron chi connectivity index (χ3n) is 4.86. The van der Waals surface area contributed by atoms with Gasteiger partial charge in [0.2, 0.25) is 11.7 Å². The molecular weight excluding hydrogens is 514 g/mol. The number of rotatable bonds is 8. The van der Waals surface area contributed by atoms with Crippen molar-refractivity contribution in [3.63, 3.8) is 0 Å². The number of hydrogen-bond acceptors (Lipinski definition) is 9. The van der Waals surface area contributed by atoms with E-state index in [0.29, 0.717) is 23.2 Å². The minimum atomic E-state index is -0.0160. The van der Waals surface area contributed by atoms with E-state index in [-0.39, 0.29) is 12.5 Å². The summed E-state index contributed by atoms with van der Waals surface area (Å²) < 4.78 is 14.0. The second kappa shape index (κ2) is 10.3. The minimum Gasteiger partial charge on any atom is -0.456 e. The van der Waals surface area contributed by atoms with Crippen molar-refractivity contribution in [3.05, 3.63) is 101 Å². The molecule has 0 radical (unpaired) electrons. The number of aromatic nitrogens is 6. The van der Waals surface area contributed by atoms with Crippen molar-refractivity contribution in [3.8, 4) is 23.0 Å². The Bertz CT molecular complexity index is 1450. The molecule has 10 nitrogen and oxygen atoms in total. The van der Waals surface area contributed by atoms with Crippen molar-refractivity contribution in [2.75, 3.05) is 0 Å². The van der Waals surface area contributed by atoms with Gasteiger partial charge in [-0.1, -0.05) is 47.6 Å². The SMILES string of the molecule is Cn1nnnc1/C(=N\OCc1nnc(-c2ccc(Oc3ccccc3Br)cc2)o1)c1ccccc1. The number of hydrogen-bond donors (Lipinski definition) is 0. The molecule has 0 aliphatic carbocycles. The molecule has 11 heteroatoms. The van der Waals surface area contributed by atoms with Crippen molar-refractivity contribution in [1.29, 1.82) is 0 Å². The molecule has 0 unspecified atom stereocenters. The summed E-state index contributed by atoms with van der Waals surface area (Å²) in [6.45, 7) is -0.0160. The van der Waals surface area contributed by atoms with Gasteiger partial charge < -0.3 is 14.0 Å². The summed E-state index contributed by atoms with van der Waals surface area (Å²) in [5.41, 5.74) is 2.04. The molecule has 5 aromatic rings. The van der Waals surface area contributed by atoms with Gasteiger partial charge in [0, 0.05) is 18.2 Å². The van der Waals surface area contributed by atoms with Gasteiger partial charge >= 0.3 is 0 Å². The van der Waals surface area contributed by atoms with Crippen LogP contribution in [0.3, 0.4) is 0 Å². The van der Waals surface area contributed by atoms with E-state index in [2.05, 4.69) is 46.8 Å². The standard InChI is InChI=1S/C24H18BrN7O3/c1-32-23(27-30-31-32)22(16-7-3-2-4-8-16)29-33-15-21-26-28-24(35-21)17-11-13-18(14-12-17)34-20-10-6-5-9-19(20)25/h2-14H,15H2,1H3/b29-22-. The fourth-order valence-corrected chi connectivity index (χ4v) is 3.52. The van der Waals surface area contributed by atoms with Gasteiger partial charge in [-0.15, -0.1) is 15.3 Å². The zero-order valence-corrected chi connectivity index (χ0v) is 20.0. The molecule has 2 aromatic heterocycles. The van der Waals surface area contributed by atoms with Gasteiger partial charge in [-0.3, -0.25) is 0 Å². The average Bonchev–Trinajstić information content (AvgIpc) is 3.53. The van der Waals surface area contributed by atoms with Crippen LogP contribution >= 0.6 is 15.9 Å². The second-order valence-corrected chi connectivity index (χ2v) is 8.12.